The van der Waals surface area contributed by atoms with Gasteiger partial charge in [0.2, 0.25) is 10.0 Å². The molecule has 138 valence electrons. The number of amides is 3. The number of halogens is 2. The molecule has 0 saturated heterocycles. The van der Waals surface area contributed by atoms with Gasteiger partial charge in [0.15, 0.2) is 4.90 Å². The van der Waals surface area contributed by atoms with Crippen molar-refractivity contribution in [2.75, 3.05) is 6.54 Å². The van der Waals surface area contributed by atoms with Crippen molar-refractivity contribution in [1.82, 2.24) is 20.9 Å². The summed E-state index contributed by atoms with van der Waals surface area (Å²) in [7, 11) is -4.64. The standard InChI is InChI=1S/C13H16F2N4O5S/c1-7(2)17-12(21)13(22)19-18-10(20)6-16-25(23,24)11-8(14)4-3-5-9(11)15/h3-5,7,16H,6H2,1-2H3,(H,17,21)(H,18,20)(H,19,22). The maximum Gasteiger partial charge on any atom is 0.327 e. The Morgan fingerprint density at radius 3 is 2.12 bits per heavy atom. The molecule has 0 atom stereocenters. The van der Waals surface area contributed by atoms with Gasteiger partial charge in [0, 0.05) is 6.04 Å². The van der Waals surface area contributed by atoms with Crippen molar-refractivity contribution < 1.29 is 31.6 Å². The number of benzene rings is 1. The maximum absolute atomic E-state index is 13.5. The Labute approximate surface area is 142 Å². The van der Waals surface area contributed by atoms with Crippen LogP contribution in [0, 0.1) is 11.6 Å². The maximum atomic E-state index is 13.5. The third-order valence-electron chi connectivity index (χ3n) is 2.55. The van der Waals surface area contributed by atoms with Gasteiger partial charge in [0.05, 0.1) is 6.54 Å². The van der Waals surface area contributed by atoms with Gasteiger partial charge >= 0.3 is 11.8 Å². The topological polar surface area (TPSA) is 133 Å². The van der Waals surface area contributed by atoms with E-state index in [0.29, 0.717) is 0 Å². The van der Waals surface area contributed by atoms with Crippen LogP contribution in [0.3, 0.4) is 0 Å². The number of hydrogen-bond acceptors (Lipinski definition) is 5. The van der Waals surface area contributed by atoms with E-state index in [0.717, 1.165) is 18.2 Å². The van der Waals surface area contributed by atoms with E-state index in [1.54, 1.807) is 29.4 Å². The first-order chi connectivity index (χ1) is 11.5. The highest BCUT2D eigenvalue weighted by molar-refractivity contribution is 7.89. The highest BCUT2D eigenvalue weighted by Gasteiger charge is 2.24. The average Bonchev–Trinajstić information content (AvgIpc) is 2.49. The van der Waals surface area contributed by atoms with Gasteiger partial charge in [-0.05, 0) is 26.0 Å². The molecule has 4 N–H and O–H groups in total. The second-order valence-corrected chi connectivity index (χ2v) is 6.71. The van der Waals surface area contributed by atoms with Crippen LogP contribution in [0.5, 0.6) is 0 Å². The summed E-state index contributed by atoms with van der Waals surface area (Å²) in [6, 6.07) is 2.15. The molecule has 0 aliphatic rings. The quantitative estimate of drug-likeness (QED) is 0.382. The molecule has 9 nitrogen and oxygen atoms in total. The molecule has 1 rings (SSSR count). The minimum atomic E-state index is -4.64. The zero-order chi connectivity index (χ0) is 19.2. The molecular formula is C13H16F2N4O5S. The minimum Gasteiger partial charge on any atom is -0.346 e. The molecule has 0 unspecified atom stereocenters. The first-order valence-electron chi connectivity index (χ1n) is 6.88. The third-order valence-corrected chi connectivity index (χ3v) is 4.00. The Kier molecular flexibility index (Phi) is 6.94. The smallest absolute Gasteiger partial charge is 0.327 e. The van der Waals surface area contributed by atoms with Crippen LogP contribution in [-0.4, -0.2) is 38.7 Å². The second kappa shape index (κ2) is 8.48. The van der Waals surface area contributed by atoms with Crippen molar-refractivity contribution in [2.45, 2.75) is 24.8 Å². The van der Waals surface area contributed by atoms with E-state index in [2.05, 4.69) is 5.32 Å². The Bertz CT molecular complexity index is 762. The summed E-state index contributed by atoms with van der Waals surface area (Å²) >= 11 is 0. The summed E-state index contributed by atoms with van der Waals surface area (Å²) in [5.41, 5.74) is 3.53. The molecule has 3 amide bonds. The molecule has 0 bridgehead atoms. The zero-order valence-electron chi connectivity index (χ0n) is 13.2. The number of rotatable bonds is 5. The number of hydrazine groups is 1. The summed E-state index contributed by atoms with van der Waals surface area (Å²) in [6.07, 6.45) is 0. The summed E-state index contributed by atoms with van der Waals surface area (Å²) in [5, 5.41) is 2.26. The minimum absolute atomic E-state index is 0.309. The molecule has 0 aliphatic carbocycles. The lowest BCUT2D eigenvalue weighted by Gasteiger charge is -2.11. The van der Waals surface area contributed by atoms with E-state index < -0.39 is 50.8 Å². The number of carbonyl (C=O) groups is 3. The molecule has 25 heavy (non-hydrogen) atoms. The van der Waals surface area contributed by atoms with E-state index in [-0.39, 0.29) is 6.04 Å². The van der Waals surface area contributed by atoms with E-state index in [1.165, 1.54) is 0 Å². The Morgan fingerprint density at radius 2 is 1.60 bits per heavy atom. The van der Waals surface area contributed by atoms with Gasteiger partial charge in [-0.15, -0.1) is 0 Å². The monoisotopic (exact) mass is 378 g/mol. The van der Waals surface area contributed by atoms with Gasteiger partial charge in [-0.25, -0.2) is 21.9 Å². The van der Waals surface area contributed by atoms with Crippen molar-refractivity contribution in [3.63, 3.8) is 0 Å². The van der Waals surface area contributed by atoms with Crippen LogP contribution in [0.4, 0.5) is 8.78 Å². The fraction of sp³-hybridized carbons (Fsp3) is 0.308. The second-order valence-electron chi connectivity index (χ2n) is 5.01. The predicted molar refractivity (Wildman–Crippen MR) is 81.1 cm³/mol. The summed E-state index contributed by atoms with van der Waals surface area (Å²) in [6.45, 7) is 2.29. The van der Waals surface area contributed by atoms with Crippen LogP contribution < -0.4 is 20.9 Å². The lowest BCUT2D eigenvalue weighted by Crippen LogP contribution is -2.51. The molecule has 1 aromatic carbocycles. The van der Waals surface area contributed by atoms with Crippen LogP contribution in [0.25, 0.3) is 0 Å². The SMILES string of the molecule is CC(C)NC(=O)C(=O)NNC(=O)CNS(=O)(=O)c1c(F)cccc1F. The normalized spacial score (nSPS) is 11.1. The van der Waals surface area contributed by atoms with Gasteiger partial charge in [0.1, 0.15) is 11.6 Å². The number of carbonyl (C=O) groups excluding carboxylic acids is 3. The van der Waals surface area contributed by atoms with Gasteiger partial charge < -0.3 is 5.32 Å². The number of nitrogens with one attached hydrogen (secondary N) is 4. The lowest BCUT2D eigenvalue weighted by molar-refractivity contribution is -0.141. The molecule has 0 radical (unpaired) electrons. The first-order valence-corrected chi connectivity index (χ1v) is 8.36. The van der Waals surface area contributed by atoms with E-state index in [9.17, 15) is 31.6 Å². The molecule has 1 aromatic rings. The van der Waals surface area contributed by atoms with Crippen molar-refractivity contribution in [2.24, 2.45) is 0 Å². The highest BCUT2D eigenvalue weighted by Crippen LogP contribution is 2.17. The summed E-state index contributed by atoms with van der Waals surface area (Å²) < 4.78 is 52.2. The Morgan fingerprint density at radius 1 is 1.04 bits per heavy atom. The molecule has 12 heteroatoms. The fourth-order valence-electron chi connectivity index (χ4n) is 1.53. The highest BCUT2D eigenvalue weighted by atomic mass is 32.2. The fourth-order valence-corrected chi connectivity index (χ4v) is 2.64. The van der Waals surface area contributed by atoms with Crippen LogP contribution >= 0.6 is 0 Å². The third kappa shape index (κ3) is 6.08. The van der Waals surface area contributed by atoms with Crippen molar-refractivity contribution >= 4 is 27.7 Å². The zero-order valence-corrected chi connectivity index (χ0v) is 14.0. The Hall–Kier alpha value is -2.60. The van der Waals surface area contributed by atoms with Crippen LogP contribution in [0.1, 0.15) is 13.8 Å². The predicted octanol–water partition coefficient (Wildman–Crippen LogP) is -1.08. The van der Waals surface area contributed by atoms with E-state index >= 15 is 0 Å². The van der Waals surface area contributed by atoms with Crippen molar-refractivity contribution in [3.8, 4) is 0 Å². The molecule has 0 aliphatic heterocycles. The van der Waals surface area contributed by atoms with Gasteiger partial charge in [-0.1, -0.05) is 6.07 Å². The lowest BCUT2D eigenvalue weighted by atomic mass is 10.3. The largest absolute Gasteiger partial charge is 0.346 e. The van der Waals surface area contributed by atoms with Crippen LogP contribution in [-0.2, 0) is 24.4 Å². The molecule has 0 heterocycles. The van der Waals surface area contributed by atoms with Crippen LogP contribution in [0.15, 0.2) is 23.1 Å². The average molecular weight is 378 g/mol. The molecule has 0 saturated carbocycles. The van der Waals surface area contributed by atoms with E-state index in [1.807, 2.05) is 0 Å². The van der Waals surface area contributed by atoms with Gasteiger partial charge in [-0.3, -0.25) is 25.2 Å². The summed E-state index contributed by atoms with van der Waals surface area (Å²) in [5.74, 6) is -5.90. The van der Waals surface area contributed by atoms with Crippen molar-refractivity contribution in [1.29, 1.82) is 0 Å². The van der Waals surface area contributed by atoms with Gasteiger partial charge in [0.25, 0.3) is 5.91 Å². The molecule has 0 spiro atoms. The molecule has 0 aromatic heterocycles. The Balaban J connectivity index is 2.59. The number of sulfonamides is 1. The molecular weight excluding hydrogens is 362 g/mol. The molecule has 0 fully saturated rings. The van der Waals surface area contributed by atoms with E-state index in [4.69, 9.17) is 0 Å². The van der Waals surface area contributed by atoms with Crippen molar-refractivity contribution in [3.05, 3.63) is 29.8 Å². The van der Waals surface area contributed by atoms with Gasteiger partial charge in [-0.2, -0.15) is 0 Å². The number of hydrogen-bond donors (Lipinski definition) is 4. The summed E-state index contributed by atoms with van der Waals surface area (Å²) in [4.78, 5) is 32.8. The van der Waals surface area contributed by atoms with Crippen LogP contribution in [0.2, 0.25) is 0 Å². The first kappa shape index (κ1) is 20.4.